The number of nitrogens with one attached hydrogen (secondary N) is 1. The fraction of sp³-hybridized carbons (Fsp3) is 0.167. The molecule has 2 heterocycles. The first kappa shape index (κ1) is 21.5. The van der Waals surface area contributed by atoms with Crippen LogP contribution in [0, 0.1) is 6.92 Å². The van der Waals surface area contributed by atoms with Crippen molar-refractivity contribution >= 4 is 44.9 Å². The van der Waals surface area contributed by atoms with Crippen molar-refractivity contribution in [3.8, 4) is 5.69 Å². The number of amides is 1. The van der Waals surface area contributed by atoms with Gasteiger partial charge >= 0.3 is 5.97 Å². The Morgan fingerprint density at radius 2 is 1.81 bits per heavy atom. The third-order valence-corrected chi connectivity index (χ3v) is 6.03. The van der Waals surface area contributed by atoms with Crippen molar-refractivity contribution in [2.75, 3.05) is 5.32 Å². The maximum Gasteiger partial charge on any atom is 0.349 e. The number of para-hydroxylation sites is 1. The molecule has 0 aliphatic rings. The number of nitrogens with zero attached hydrogens (tertiary/aromatic N) is 2. The molecule has 0 fully saturated rings. The zero-order valence-electron chi connectivity index (χ0n) is 17.8. The first-order valence-electron chi connectivity index (χ1n) is 10.0. The van der Waals surface area contributed by atoms with Gasteiger partial charge in [0.25, 0.3) is 5.91 Å². The van der Waals surface area contributed by atoms with Crippen LogP contribution in [0.15, 0.2) is 60.7 Å². The van der Waals surface area contributed by atoms with Crippen molar-refractivity contribution in [3.63, 3.8) is 0 Å². The first-order chi connectivity index (χ1) is 15.3. The highest BCUT2D eigenvalue weighted by Gasteiger charge is 2.23. The molecule has 0 aliphatic carbocycles. The molecule has 8 heteroatoms. The molecular formula is C24H21N3O4S. The predicted molar refractivity (Wildman–Crippen MR) is 124 cm³/mol. The lowest BCUT2D eigenvalue weighted by Gasteiger charge is -2.13. The molecule has 0 aliphatic heterocycles. The number of aromatic nitrogens is 2. The van der Waals surface area contributed by atoms with E-state index in [2.05, 4.69) is 10.4 Å². The van der Waals surface area contributed by atoms with E-state index in [0.717, 1.165) is 21.6 Å². The average Bonchev–Trinajstić information content (AvgIpc) is 3.35. The second-order valence-corrected chi connectivity index (χ2v) is 8.37. The van der Waals surface area contributed by atoms with Crippen LogP contribution in [0.3, 0.4) is 0 Å². The molecule has 1 N–H and O–H groups in total. The number of aryl methyl sites for hydroxylation is 1. The zero-order valence-corrected chi connectivity index (χ0v) is 18.6. The number of thiophene rings is 1. The SMILES string of the molecule is CC(=O)c1cccc(NC(=O)C(C)OC(=O)c2cc3c(C)nn(-c4ccccc4)c3s2)c1. The quantitative estimate of drug-likeness (QED) is 0.339. The molecule has 0 spiro atoms. The summed E-state index contributed by atoms with van der Waals surface area (Å²) in [6, 6.07) is 18.0. The van der Waals surface area contributed by atoms with Crippen LogP contribution in [0.1, 0.15) is 39.6 Å². The topological polar surface area (TPSA) is 90.3 Å². The van der Waals surface area contributed by atoms with Crippen LogP contribution < -0.4 is 5.32 Å². The second-order valence-electron chi connectivity index (χ2n) is 7.34. The van der Waals surface area contributed by atoms with Gasteiger partial charge in [-0.05, 0) is 51.1 Å². The highest BCUT2D eigenvalue weighted by atomic mass is 32.1. The van der Waals surface area contributed by atoms with Crippen molar-refractivity contribution in [1.82, 2.24) is 9.78 Å². The lowest BCUT2D eigenvalue weighted by molar-refractivity contribution is -0.123. The highest BCUT2D eigenvalue weighted by Crippen LogP contribution is 2.31. The van der Waals surface area contributed by atoms with E-state index in [9.17, 15) is 14.4 Å². The minimum Gasteiger partial charge on any atom is -0.448 e. The lowest BCUT2D eigenvalue weighted by atomic mass is 10.1. The van der Waals surface area contributed by atoms with Crippen LogP contribution in [0.25, 0.3) is 15.9 Å². The molecule has 0 radical (unpaired) electrons. The number of hydrogen-bond donors (Lipinski definition) is 1. The monoisotopic (exact) mass is 447 g/mol. The van der Waals surface area contributed by atoms with E-state index in [-0.39, 0.29) is 5.78 Å². The number of carbonyl (C=O) groups is 3. The Morgan fingerprint density at radius 1 is 1.06 bits per heavy atom. The lowest BCUT2D eigenvalue weighted by Crippen LogP contribution is -2.29. The molecule has 32 heavy (non-hydrogen) atoms. The largest absolute Gasteiger partial charge is 0.448 e. The summed E-state index contributed by atoms with van der Waals surface area (Å²) in [7, 11) is 0. The number of Topliss-reactive ketones (excluding diaryl/α,β-unsaturated/α-hetero) is 1. The number of carbonyl (C=O) groups excluding carboxylic acids is 3. The van der Waals surface area contributed by atoms with Crippen LogP contribution in [0.4, 0.5) is 5.69 Å². The number of fused-ring (bicyclic) bond motifs is 1. The molecule has 7 nitrogen and oxygen atoms in total. The minimum absolute atomic E-state index is 0.102. The Bertz CT molecular complexity index is 1320. The average molecular weight is 448 g/mol. The molecular weight excluding hydrogens is 426 g/mol. The van der Waals surface area contributed by atoms with E-state index in [0.29, 0.717) is 16.1 Å². The van der Waals surface area contributed by atoms with Gasteiger partial charge in [-0.1, -0.05) is 30.3 Å². The molecule has 2 aromatic heterocycles. The first-order valence-corrected chi connectivity index (χ1v) is 10.8. The van der Waals surface area contributed by atoms with Crippen LogP contribution in [-0.4, -0.2) is 33.5 Å². The summed E-state index contributed by atoms with van der Waals surface area (Å²) in [6.07, 6.45) is -1.01. The van der Waals surface area contributed by atoms with Gasteiger partial charge in [0.1, 0.15) is 9.71 Å². The number of ether oxygens (including phenoxy) is 1. The van der Waals surface area contributed by atoms with E-state index in [1.54, 1.807) is 35.0 Å². The van der Waals surface area contributed by atoms with Gasteiger partial charge in [0.2, 0.25) is 0 Å². The van der Waals surface area contributed by atoms with E-state index < -0.39 is 18.0 Å². The molecule has 0 bridgehead atoms. The standard InChI is InChI=1S/C24H21N3O4S/c1-14-20-13-21(32-23(20)27(26-14)19-10-5-4-6-11-19)24(30)31-16(3)22(29)25-18-9-7-8-17(12-18)15(2)28/h4-13,16H,1-3H3,(H,25,29). The van der Waals surface area contributed by atoms with Crippen molar-refractivity contribution < 1.29 is 19.1 Å². The summed E-state index contributed by atoms with van der Waals surface area (Å²) in [5.41, 5.74) is 2.65. The third kappa shape index (κ3) is 4.31. The maximum atomic E-state index is 12.7. The number of hydrogen-bond acceptors (Lipinski definition) is 6. The molecule has 162 valence electrons. The van der Waals surface area contributed by atoms with Crippen LogP contribution in [0.5, 0.6) is 0 Å². The van der Waals surface area contributed by atoms with Gasteiger partial charge in [0.05, 0.1) is 11.4 Å². The summed E-state index contributed by atoms with van der Waals surface area (Å²) >= 11 is 1.27. The fourth-order valence-corrected chi connectivity index (χ4v) is 4.29. The van der Waals surface area contributed by atoms with Crippen LogP contribution in [-0.2, 0) is 9.53 Å². The number of anilines is 1. The van der Waals surface area contributed by atoms with Crippen LogP contribution in [0.2, 0.25) is 0 Å². The normalized spacial score (nSPS) is 11.8. The number of benzene rings is 2. The minimum atomic E-state index is -1.01. The van der Waals surface area contributed by atoms with Crippen molar-refractivity contribution in [2.24, 2.45) is 0 Å². The molecule has 4 aromatic rings. The Morgan fingerprint density at radius 3 is 2.53 bits per heavy atom. The summed E-state index contributed by atoms with van der Waals surface area (Å²) in [4.78, 5) is 38.0. The Labute approximate surface area is 188 Å². The van der Waals surface area contributed by atoms with Crippen LogP contribution >= 0.6 is 11.3 Å². The molecule has 1 atom stereocenters. The summed E-state index contributed by atoms with van der Waals surface area (Å²) < 4.78 is 7.19. The smallest absolute Gasteiger partial charge is 0.349 e. The number of esters is 1. The zero-order chi connectivity index (χ0) is 22.8. The second kappa shape index (κ2) is 8.76. The van der Waals surface area contributed by atoms with Crippen molar-refractivity contribution in [2.45, 2.75) is 26.9 Å². The fourth-order valence-electron chi connectivity index (χ4n) is 3.22. The van der Waals surface area contributed by atoms with E-state index in [1.165, 1.54) is 25.2 Å². The van der Waals surface area contributed by atoms with Gasteiger partial charge in [-0.25, -0.2) is 9.48 Å². The molecule has 0 saturated heterocycles. The molecule has 1 amide bonds. The number of rotatable bonds is 6. The molecule has 0 saturated carbocycles. The molecule has 4 rings (SSSR count). The summed E-state index contributed by atoms with van der Waals surface area (Å²) in [5, 5.41) is 8.10. The maximum absolute atomic E-state index is 12.7. The number of ketones is 1. The highest BCUT2D eigenvalue weighted by molar-refractivity contribution is 7.20. The van der Waals surface area contributed by atoms with E-state index >= 15 is 0 Å². The molecule has 2 aromatic carbocycles. The van der Waals surface area contributed by atoms with Gasteiger partial charge in [-0.2, -0.15) is 5.10 Å². The Hall–Kier alpha value is -3.78. The van der Waals surface area contributed by atoms with Gasteiger partial charge < -0.3 is 10.1 Å². The predicted octanol–water partition coefficient (Wildman–Crippen LogP) is 4.78. The molecule has 1 unspecified atom stereocenters. The van der Waals surface area contributed by atoms with Gasteiger partial charge in [0, 0.05) is 16.6 Å². The Kier molecular flexibility index (Phi) is 5.87. The van der Waals surface area contributed by atoms with Gasteiger partial charge in [0.15, 0.2) is 11.9 Å². The summed E-state index contributed by atoms with van der Waals surface area (Å²) in [6.45, 7) is 4.84. The van der Waals surface area contributed by atoms with E-state index in [4.69, 9.17) is 4.74 Å². The summed E-state index contributed by atoms with van der Waals surface area (Å²) in [5.74, 6) is -1.16. The van der Waals surface area contributed by atoms with Crippen molar-refractivity contribution in [1.29, 1.82) is 0 Å². The third-order valence-electron chi connectivity index (χ3n) is 4.94. The van der Waals surface area contributed by atoms with Crippen molar-refractivity contribution in [3.05, 3.63) is 76.8 Å². The van der Waals surface area contributed by atoms with E-state index in [1.807, 2.05) is 37.3 Å². The van der Waals surface area contributed by atoms with Gasteiger partial charge in [-0.3, -0.25) is 9.59 Å². The Balaban J connectivity index is 1.49. The van der Waals surface area contributed by atoms with Gasteiger partial charge in [-0.15, -0.1) is 11.3 Å².